The number of hydrogen-bond donors (Lipinski definition) is 1. The van der Waals surface area contributed by atoms with Crippen molar-refractivity contribution in [2.45, 2.75) is 65.9 Å². The van der Waals surface area contributed by atoms with Crippen molar-refractivity contribution >= 4 is 5.78 Å². The average molecular weight is 409 g/mol. The fourth-order valence-corrected chi connectivity index (χ4v) is 3.56. The third-order valence-electron chi connectivity index (χ3n) is 5.61. The number of rotatable bonds is 11. The van der Waals surface area contributed by atoms with E-state index in [-0.39, 0.29) is 35.8 Å². The van der Waals surface area contributed by atoms with E-state index in [9.17, 15) is 14.3 Å². The minimum absolute atomic E-state index is 0.124. The zero-order chi connectivity index (χ0) is 22.0. The summed E-state index contributed by atoms with van der Waals surface area (Å²) in [6.45, 7) is 7.45. The Labute approximate surface area is 175 Å². The van der Waals surface area contributed by atoms with Crippen molar-refractivity contribution < 1.29 is 23.8 Å². The fraction of sp³-hybridized carbons (Fsp3) is 0.625. The highest BCUT2D eigenvalue weighted by Crippen LogP contribution is 2.35. The van der Waals surface area contributed by atoms with E-state index in [1.807, 2.05) is 19.9 Å². The molecule has 0 radical (unpaired) electrons. The highest BCUT2D eigenvalue weighted by molar-refractivity contribution is 5.97. The molecule has 1 rings (SSSR count). The van der Waals surface area contributed by atoms with Crippen LogP contribution in [0.3, 0.4) is 0 Å². The monoisotopic (exact) mass is 408 g/mol. The van der Waals surface area contributed by atoms with Crippen molar-refractivity contribution in [1.82, 2.24) is 0 Å². The Kier molecular flexibility index (Phi) is 11.0. The van der Waals surface area contributed by atoms with Crippen LogP contribution in [0, 0.1) is 11.8 Å². The van der Waals surface area contributed by atoms with Gasteiger partial charge in [0.15, 0.2) is 5.76 Å². The molecule has 1 aliphatic rings. The predicted molar refractivity (Wildman–Crippen MR) is 115 cm³/mol. The molecule has 29 heavy (non-hydrogen) atoms. The normalized spacial score (nSPS) is 24.2. The molecule has 3 atom stereocenters. The summed E-state index contributed by atoms with van der Waals surface area (Å²) in [5.41, 5.74) is 3.33. The lowest BCUT2D eigenvalue weighted by molar-refractivity contribution is -0.128. The maximum Gasteiger partial charge on any atom is 0.204 e. The predicted octanol–water partition coefficient (Wildman–Crippen LogP) is 5.45. The molecular weight excluding hydrogens is 371 g/mol. The number of ether oxygens (including phenoxy) is 2. The molecule has 0 aliphatic heterocycles. The van der Waals surface area contributed by atoms with Crippen LogP contribution in [0.15, 0.2) is 46.5 Å². The minimum Gasteiger partial charge on any atom is -0.494 e. The molecule has 164 valence electrons. The molecule has 4 nitrogen and oxygen atoms in total. The average Bonchev–Trinajstić information content (AvgIpc) is 2.70. The number of carbonyl (C=O) groups excluding carboxylic acids is 1. The van der Waals surface area contributed by atoms with Crippen LogP contribution in [0.25, 0.3) is 0 Å². The summed E-state index contributed by atoms with van der Waals surface area (Å²) in [6, 6.07) is 0. The van der Waals surface area contributed by atoms with E-state index < -0.39 is 6.10 Å². The number of aliphatic hydroxyl groups is 1. The second-order valence-electron chi connectivity index (χ2n) is 7.96. The van der Waals surface area contributed by atoms with E-state index in [0.717, 1.165) is 31.3 Å². The summed E-state index contributed by atoms with van der Waals surface area (Å²) in [6.07, 6.45) is 9.75. The topological polar surface area (TPSA) is 55.8 Å². The van der Waals surface area contributed by atoms with Crippen LogP contribution in [-0.4, -0.2) is 37.9 Å². The number of alkyl halides is 1. The third kappa shape index (κ3) is 7.46. The van der Waals surface area contributed by atoms with Gasteiger partial charge in [-0.05, 0) is 58.4 Å². The standard InChI is InChI=1S/C24H37FO4/c1-16(10-8-12-18(3)15-25)9-7-11-17(2)13-14-20-19(4)21(26)23(28-5)24(29-6)22(20)27/h9,12-13,19-20,22,27H,7-8,10-11,14-15H2,1-6H3. The van der Waals surface area contributed by atoms with Gasteiger partial charge < -0.3 is 14.6 Å². The van der Waals surface area contributed by atoms with Gasteiger partial charge in [0.05, 0.1) is 14.2 Å². The molecule has 0 aromatic heterocycles. The lowest BCUT2D eigenvalue weighted by atomic mass is 9.77. The molecule has 0 fully saturated rings. The second kappa shape index (κ2) is 12.6. The third-order valence-corrected chi connectivity index (χ3v) is 5.61. The molecule has 0 heterocycles. The Morgan fingerprint density at radius 3 is 2.07 bits per heavy atom. The molecule has 3 unspecified atom stereocenters. The van der Waals surface area contributed by atoms with Crippen molar-refractivity contribution in [3.05, 3.63) is 46.5 Å². The fourth-order valence-electron chi connectivity index (χ4n) is 3.56. The summed E-state index contributed by atoms with van der Waals surface area (Å²) in [4.78, 5) is 12.5. The number of hydrogen-bond acceptors (Lipinski definition) is 4. The Balaban J connectivity index is 2.61. The molecule has 0 bridgehead atoms. The number of Topliss-reactive ketones (excluding diaryl/α,β-unsaturated/α-hetero) is 1. The molecule has 0 saturated heterocycles. The van der Waals surface area contributed by atoms with Crippen molar-refractivity contribution in [2.24, 2.45) is 11.8 Å². The molecule has 1 aliphatic carbocycles. The first-order valence-corrected chi connectivity index (χ1v) is 10.3. The van der Waals surface area contributed by atoms with Gasteiger partial charge in [-0.3, -0.25) is 4.79 Å². The summed E-state index contributed by atoms with van der Waals surface area (Å²) in [5.74, 6) is -0.329. The van der Waals surface area contributed by atoms with Gasteiger partial charge in [-0.1, -0.05) is 36.3 Å². The van der Waals surface area contributed by atoms with Crippen LogP contribution in [0.2, 0.25) is 0 Å². The van der Waals surface area contributed by atoms with E-state index >= 15 is 0 Å². The SMILES string of the molecule is COC1=C(OC)C(O)C(CC=C(C)CCC=C(C)CCC=C(C)CF)C(C)C1=O. The van der Waals surface area contributed by atoms with E-state index in [0.29, 0.717) is 6.42 Å². The molecular formula is C24H37FO4. The Bertz CT molecular complexity index is 672. The first-order chi connectivity index (χ1) is 13.8. The van der Waals surface area contributed by atoms with Gasteiger partial charge >= 0.3 is 0 Å². The molecule has 1 N–H and O–H groups in total. The van der Waals surface area contributed by atoms with Crippen molar-refractivity contribution in [3.63, 3.8) is 0 Å². The van der Waals surface area contributed by atoms with Gasteiger partial charge in [-0.2, -0.15) is 0 Å². The van der Waals surface area contributed by atoms with E-state index in [2.05, 4.69) is 26.0 Å². The van der Waals surface area contributed by atoms with Crippen molar-refractivity contribution in [3.8, 4) is 0 Å². The summed E-state index contributed by atoms with van der Waals surface area (Å²) >= 11 is 0. The maximum atomic E-state index is 12.5. The van der Waals surface area contributed by atoms with Crippen LogP contribution in [0.5, 0.6) is 0 Å². The van der Waals surface area contributed by atoms with Crippen LogP contribution in [0.4, 0.5) is 4.39 Å². The Morgan fingerprint density at radius 1 is 1.00 bits per heavy atom. The number of aliphatic hydroxyl groups excluding tert-OH is 1. The van der Waals surface area contributed by atoms with Crippen molar-refractivity contribution in [1.29, 1.82) is 0 Å². The van der Waals surface area contributed by atoms with E-state index in [1.54, 1.807) is 0 Å². The van der Waals surface area contributed by atoms with Crippen LogP contribution in [-0.2, 0) is 14.3 Å². The lowest BCUT2D eigenvalue weighted by Gasteiger charge is -2.33. The van der Waals surface area contributed by atoms with Crippen LogP contribution < -0.4 is 0 Å². The number of methoxy groups -OCH3 is 2. The largest absolute Gasteiger partial charge is 0.494 e. The minimum atomic E-state index is -0.852. The number of allylic oxidation sites excluding steroid dienone is 7. The maximum absolute atomic E-state index is 12.5. The van der Waals surface area contributed by atoms with Gasteiger partial charge in [-0.15, -0.1) is 0 Å². The molecule has 5 heteroatoms. The van der Waals surface area contributed by atoms with E-state index in [1.165, 1.54) is 25.4 Å². The molecule has 0 saturated carbocycles. The molecule has 0 aromatic rings. The number of carbonyl (C=O) groups is 1. The number of ketones is 1. The second-order valence-corrected chi connectivity index (χ2v) is 7.96. The quantitative estimate of drug-likeness (QED) is 0.462. The smallest absolute Gasteiger partial charge is 0.204 e. The van der Waals surface area contributed by atoms with Gasteiger partial charge in [0.25, 0.3) is 0 Å². The summed E-state index contributed by atoms with van der Waals surface area (Å²) in [7, 11) is 2.87. The highest BCUT2D eigenvalue weighted by Gasteiger charge is 2.42. The summed E-state index contributed by atoms with van der Waals surface area (Å²) in [5, 5.41) is 10.6. The van der Waals surface area contributed by atoms with Crippen LogP contribution in [0.1, 0.15) is 59.8 Å². The highest BCUT2D eigenvalue weighted by atomic mass is 19.1. The number of halogens is 1. The summed E-state index contributed by atoms with van der Waals surface area (Å²) < 4.78 is 22.8. The van der Waals surface area contributed by atoms with Gasteiger partial charge in [0.2, 0.25) is 11.5 Å². The van der Waals surface area contributed by atoms with E-state index in [4.69, 9.17) is 9.47 Å². The molecule has 0 amide bonds. The van der Waals surface area contributed by atoms with Gasteiger partial charge in [0.1, 0.15) is 12.8 Å². The lowest BCUT2D eigenvalue weighted by Crippen LogP contribution is -2.40. The van der Waals surface area contributed by atoms with Crippen LogP contribution >= 0.6 is 0 Å². The molecule has 0 spiro atoms. The molecule has 0 aromatic carbocycles. The zero-order valence-corrected chi connectivity index (χ0v) is 18.8. The Hall–Kier alpha value is -1.88. The zero-order valence-electron chi connectivity index (χ0n) is 18.8. The first kappa shape index (κ1) is 25.2. The Morgan fingerprint density at radius 2 is 1.55 bits per heavy atom. The first-order valence-electron chi connectivity index (χ1n) is 10.3. The van der Waals surface area contributed by atoms with Gasteiger partial charge in [-0.25, -0.2) is 4.39 Å². The van der Waals surface area contributed by atoms with Crippen molar-refractivity contribution in [2.75, 3.05) is 20.9 Å². The van der Waals surface area contributed by atoms with Gasteiger partial charge in [0, 0.05) is 11.8 Å².